The fourth-order valence-corrected chi connectivity index (χ4v) is 2.88. The van der Waals surface area contributed by atoms with E-state index in [1.807, 2.05) is 30.3 Å². The van der Waals surface area contributed by atoms with Gasteiger partial charge in [-0.05, 0) is 6.92 Å². The molecular weight excluding hydrogens is 316 g/mol. The Balaban J connectivity index is 2.04. The van der Waals surface area contributed by atoms with Crippen molar-refractivity contribution in [3.63, 3.8) is 0 Å². The van der Waals surface area contributed by atoms with E-state index in [2.05, 4.69) is 10.3 Å². The van der Waals surface area contributed by atoms with Gasteiger partial charge in [0.15, 0.2) is 5.54 Å². The zero-order chi connectivity index (χ0) is 16.9. The van der Waals surface area contributed by atoms with E-state index >= 15 is 0 Å². The maximum absolute atomic E-state index is 12.1. The molecule has 2 N–H and O–H groups in total. The highest BCUT2D eigenvalue weighted by atomic mass is 32.1. The third-order valence-electron chi connectivity index (χ3n) is 3.23. The predicted molar refractivity (Wildman–Crippen MR) is 87.3 cm³/mol. The highest BCUT2D eigenvalue weighted by molar-refractivity contribution is 7.13. The molecule has 1 atom stereocenters. The fraction of sp³-hybridized carbons (Fsp3) is 0.312. The summed E-state index contributed by atoms with van der Waals surface area (Å²) in [6.45, 7) is 1.30. The number of benzene rings is 1. The van der Waals surface area contributed by atoms with Gasteiger partial charge in [0.2, 0.25) is 5.91 Å². The number of hydrogen-bond acceptors (Lipinski definition) is 5. The van der Waals surface area contributed by atoms with Gasteiger partial charge in [0.25, 0.3) is 0 Å². The lowest BCUT2D eigenvalue weighted by Gasteiger charge is -2.25. The zero-order valence-corrected chi connectivity index (χ0v) is 13.7. The first-order valence-electron chi connectivity index (χ1n) is 6.98. The number of methoxy groups -OCH3 is 1. The summed E-state index contributed by atoms with van der Waals surface area (Å²) in [7, 11) is 1.39. The smallest absolute Gasteiger partial charge is 0.331 e. The van der Waals surface area contributed by atoms with Gasteiger partial charge in [0, 0.05) is 18.1 Å². The Hall–Kier alpha value is -2.25. The molecule has 23 heavy (non-hydrogen) atoms. The number of carboxylic acids is 1. The summed E-state index contributed by atoms with van der Waals surface area (Å²) in [5.41, 5.74) is 0.139. The molecule has 0 spiro atoms. The maximum atomic E-state index is 12.1. The van der Waals surface area contributed by atoms with Gasteiger partial charge in [-0.25, -0.2) is 9.78 Å². The third-order valence-corrected chi connectivity index (χ3v) is 4.17. The molecule has 0 aliphatic heterocycles. The molecule has 0 radical (unpaired) electrons. The van der Waals surface area contributed by atoms with Crippen LogP contribution in [0, 0.1) is 0 Å². The SMILES string of the molecule is COCC(C)(NC(=O)Cc1csc(-c2ccccc2)n1)C(=O)O. The second-order valence-electron chi connectivity index (χ2n) is 5.31. The van der Waals surface area contributed by atoms with Gasteiger partial charge in [-0.1, -0.05) is 30.3 Å². The summed E-state index contributed by atoms with van der Waals surface area (Å²) < 4.78 is 4.87. The van der Waals surface area contributed by atoms with Crippen LogP contribution in [0.2, 0.25) is 0 Å². The highest BCUT2D eigenvalue weighted by Gasteiger charge is 2.35. The number of carbonyl (C=O) groups excluding carboxylic acids is 1. The van der Waals surface area contributed by atoms with Crippen molar-refractivity contribution in [1.82, 2.24) is 10.3 Å². The summed E-state index contributed by atoms with van der Waals surface area (Å²) in [6.07, 6.45) is 0.0237. The number of nitrogens with zero attached hydrogens (tertiary/aromatic N) is 1. The molecule has 0 fully saturated rings. The summed E-state index contributed by atoms with van der Waals surface area (Å²) in [6, 6.07) is 9.66. The summed E-state index contributed by atoms with van der Waals surface area (Å²) in [5.74, 6) is -1.55. The minimum atomic E-state index is -1.45. The number of rotatable bonds is 7. The van der Waals surface area contributed by atoms with Crippen LogP contribution >= 0.6 is 11.3 Å². The molecule has 1 unspecified atom stereocenters. The number of hydrogen-bond donors (Lipinski definition) is 2. The summed E-state index contributed by atoms with van der Waals surface area (Å²) in [5, 5.41) is 14.3. The largest absolute Gasteiger partial charge is 0.479 e. The summed E-state index contributed by atoms with van der Waals surface area (Å²) >= 11 is 1.45. The average Bonchev–Trinajstić information content (AvgIpc) is 2.96. The van der Waals surface area contributed by atoms with Gasteiger partial charge in [-0.3, -0.25) is 4.79 Å². The van der Waals surface area contributed by atoms with E-state index in [-0.39, 0.29) is 13.0 Å². The minimum absolute atomic E-state index is 0.0237. The standard InChI is InChI=1S/C16H18N2O4S/c1-16(10-22-2,15(20)21)18-13(19)8-12-9-23-14(17-12)11-6-4-3-5-7-11/h3-7,9H,8,10H2,1-2H3,(H,18,19)(H,20,21). The van der Waals surface area contributed by atoms with Gasteiger partial charge < -0.3 is 15.2 Å². The van der Waals surface area contributed by atoms with E-state index < -0.39 is 17.4 Å². The molecule has 7 heteroatoms. The molecule has 0 bridgehead atoms. The van der Waals surface area contributed by atoms with Crippen molar-refractivity contribution in [3.8, 4) is 10.6 Å². The number of carbonyl (C=O) groups is 2. The van der Waals surface area contributed by atoms with Crippen LogP contribution in [0.1, 0.15) is 12.6 Å². The van der Waals surface area contributed by atoms with Crippen molar-refractivity contribution in [3.05, 3.63) is 41.4 Å². The van der Waals surface area contributed by atoms with Crippen LogP contribution in [0.5, 0.6) is 0 Å². The molecule has 0 aliphatic rings. The molecule has 0 saturated carbocycles. The Bertz CT molecular complexity index is 686. The van der Waals surface area contributed by atoms with Gasteiger partial charge in [0.1, 0.15) is 5.01 Å². The number of aromatic nitrogens is 1. The molecule has 1 heterocycles. The molecule has 122 valence electrons. The van der Waals surface area contributed by atoms with Crippen LogP contribution in [0.4, 0.5) is 0 Å². The van der Waals surface area contributed by atoms with Crippen LogP contribution in [0.25, 0.3) is 10.6 Å². The number of amides is 1. The fourth-order valence-electron chi connectivity index (χ4n) is 2.06. The minimum Gasteiger partial charge on any atom is -0.479 e. The van der Waals surface area contributed by atoms with Gasteiger partial charge in [-0.2, -0.15) is 0 Å². The van der Waals surface area contributed by atoms with Crippen molar-refractivity contribution in [2.24, 2.45) is 0 Å². The van der Waals surface area contributed by atoms with Crippen molar-refractivity contribution in [2.45, 2.75) is 18.9 Å². The van der Waals surface area contributed by atoms with E-state index in [1.165, 1.54) is 25.4 Å². The van der Waals surface area contributed by atoms with Crippen molar-refractivity contribution < 1.29 is 19.4 Å². The average molecular weight is 334 g/mol. The zero-order valence-electron chi connectivity index (χ0n) is 12.9. The van der Waals surface area contributed by atoms with E-state index in [1.54, 1.807) is 5.38 Å². The van der Waals surface area contributed by atoms with Crippen molar-refractivity contribution >= 4 is 23.2 Å². The number of nitrogens with one attached hydrogen (secondary N) is 1. The second kappa shape index (κ2) is 7.34. The number of aliphatic carboxylic acids is 1. The van der Waals surface area contributed by atoms with Gasteiger partial charge in [0.05, 0.1) is 18.7 Å². The first-order valence-corrected chi connectivity index (χ1v) is 7.86. The predicted octanol–water partition coefficient (Wildman–Crippen LogP) is 1.96. The van der Waals surface area contributed by atoms with Crippen LogP contribution in [-0.2, 0) is 20.7 Å². The van der Waals surface area contributed by atoms with E-state index in [9.17, 15) is 14.7 Å². The first kappa shape index (κ1) is 17.1. The Labute approximate surface area is 138 Å². The molecule has 1 aromatic carbocycles. The quantitative estimate of drug-likeness (QED) is 0.808. The van der Waals surface area contributed by atoms with Crippen molar-refractivity contribution in [2.75, 3.05) is 13.7 Å². The molecule has 0 aliphatic carbocycles. The highest BCUT2D eigenvalue weighted by Crippen LogP contribution is 2.23. The van der Waals surface area contributed by atoms with Crippen LogP contribution in [0.3, 0.4) is 0 Å². The van der Waals surface area contributed by atoms with Gasteiger partial charge in [-0.15, -0.1) is 11.3 Å². The van der Waals surface area contributed by atoms with Gasteiger partial charge >= 0.3 is 5.97 Å². The van der Waals surface area contributed by atoms with Crippen LogP contribution in [-0.4, -0.2) is 41.2 Å². The first-order chi connectivity index (χ1) is 10.9. The number of carboxylic acid groups (broad SMARTS) is 1. The molecule has 6 nitrogen and oxygen atoms in total. The lowest BCUT2D eigenvalue weighted by atomic mass is 10.0. The Morgan fingerprint density at radius 1 is 1.35 bits per heavy atom. The molecule has 2 rings (SSSR count). The Morgan fingerprint density at radius 2 is 2.04 bits per heavy atom. The monoisotopic (exact) mass is 334 g/mol. The molecule has 1 aromatic heterocycles. The molecule has 0 saturated heterocycles. The maximum Gasteiger partial charge on any atom is 0.331 e. The Kier molecular flexibility index (Phi) is 5.46. The van der Waals surface area contributed by atoms with Crippen molar-refractivity contribution in [1.29, 1.82) is 0 Å². The topological polar surface area (TPSA) is 88.5 Å². The molecular formula is C16H18N2O4S. The summed E-state index contributed by atoms with van der Waals surface area (Å²) in [4.78, 5) is 27.8. The van der Waals surface area contributed by atoms with Crippen LogP contribution < -0.4 is 5.32 Å². The number of ether oxygens (including phenoxy) is 1. The lowest BCUT2D eigenvalue weighted by Crippen LogP contribution is -2.55. The van der Waals surface area contributed by atoms with E-state index in [0.29, 0.717) is 5.69 Å². The molecule has 1 amide bonds. The third kappa shape index (κ3) is 4.37. The van der Waals surface area contributed by atoms with E-state index in [4.69, 9.17) is 4.74 Å². The van der Waals surface area contributed by atoms with E-state index in [0.717, 1.165) is 10.6 Å². The van der Waals surface area contributed by atoms with Crippen LogP contribution in [0.15, 0.2) is 35.7 Å². The molecule has 2 aromatic rings. The lowest BCUT2D eigenvalue weighted by molar-refractivity contribution is -0.149. The second-order valence-corrected chi connectivity index (χ2v) is 6.16. The number of thiazole rings is 1. The Morgan fingerprint density at radius 3 is 2.65 bits per heavy atom. The normalized spacial score (nSPS) is 13.3.